The van der Waals surface area contributed by atoms with E-state index < -0.39 is 0 Å². The summed E-state index contributed by atoms with van der Waals surface area (Å²) in [5, 5.41) is 0.162. The third kappa shape index (κ3) is 2.91. The van der Waals surface area contributed by atoms with E-state index in [0.717, 1.165) is 11.3 Å². The maximum atomic E-state index is 12.6. The summed E-state index contributed by atoms with van der Waals surface area (Å²) >= 11 is 6.00. The molecular weight excluding hydrogens is 274 g/mol. The molecule has 0 fully saturated rings. The summed E-state index contributed by atoms with van der Waals surface area (Å²) in [5.41, 5.74) is 8.33. The molecule has 0 aliphatic carbocycles. The van der Waals surface area contributed by atoms with Crippen LogP contribution in [0.3, 0.4) is 0 Å². The number of nitrogen functional groups attached to an aromatic ring is 1. The number of amides is 1. The molecule has 0 saturated carbocycles. The maximum Gasteiger partial charge on any atom is 0.261 e. The number of carbonyl (C=O) groups excluding carboxylic acids is 1. The van der Waals surface area contributed by atoms with Crippen LogP contribution in [-0.4, -0.2) is 17.4 Å². The third-order valence-corrected chi connectivity index (χ3v) is 3.27. The Kier molecular flexibility index (Phi) is 4.25. The first kappa shape index (κ1) is 14.3. The first-order chi connectivity index (χ1) is 9.52. The lowest BCUT2D eigenvalue weighted by molar-refractivity contribution is 0.0988. The van der Waals surface area contributed by atoms with Crippen molar-refractivity contribution >= 4 is 28.9 Å². The molecule has 0 aliphatic rings. The summed E-state index contributed by atoms with van der Waals surface area (Å²) in [6, 6.07) is 9.30. The van der Waals surface area contributed by atoms with Gasteiger partial charge in [0, 0.05) is 12.2 Å². The van der Waals surface area contributed by atoms with Crippen LogP contribution in [0, 0.1) is 6.92 Å². The number of nitrogens with zero attached hydrogens (tertiary/aromatic N) is 2. The van der Waals surface area contributed by atoms with Crippen molar-refractivity contribution in [2.24, 2.45) is 0 Å². The standard InChI is InChI=1S/C15H16ClN3O/c1-3-19(12-6-4-5-10(2)7-12)15(20)13-8-11(17)9-18-14(13)16/h4-9H,3,17H2,1-2H3. The van der Waals surface area contributed by atoms with E-state index in [9.17, 15) is 4.79 Å². The van der Waals surface area contributed by atoms with Crippen LogP contribution in [0.1, 0.15) is 22.8 Å². The van der Waals surface area contributed by atoms with Gasteiger partial charge in [-0.05, 0) is 37.6 Å². The molecule has 104 valence electrons. The van der Waals surface area contributed by atoms with Gasteiger partial charge in [-0.1, -0.05) is 23.7 Å². The fraction of sp³-hybridized carbons (Fsp3) is 0.200. The second kappa shape index (κ2) is 5.92. The van der Waals surface area contributed by atoms with Crippen molar-refractivity contribution in [2.75, 3.05) is 17.2 Å². The number of pyridine rings is 1. The largest absolute Gasteiger partial charge is 0.397 e. The van der Waals surface area contributed by atoms with Crippen LogP contribution in [0.15, 0.2) is 36.5 Å². The van der Waals surface area contributed by atoms with Gasteiger partial charge in [0.25, 0.3) is 5.91 Å². The highest BCUT2D eigenvalue weighted by molar-refractivity contribution is 6.33. The van der Waals surface area contributed by atoms with Gasteiger partial charge in [0.05, 0.1) is 17.4 Å². The lowest BCUT2D eigenvalue weighted by Crippen LogP contribution is -2.31. The van der Waals surface area contributed by atoms with Gasteiger partial charge in [-0.15, -0.1) is 0 Å². The molecule has 0 unspecified atom stereocenters. The third-order valence-electron chi connectivity index (χ3n) is 2.97. The van der Waals surface area contributed by atoms with E-state index in [1.165, 1.54) is 6.20 Å². The van der Waals surface area contributed by atoms with Gasteiger partial charge < -0.3 is 10.6 Å². The number of nitrogens with two attached hydrogens (primary N) is 1. The van der Waals surface area contributed by atoms with Crippen LogP contribution in [-0.2, 0) is 0 Å². The fourth-order valence-corrected chi connectivity index (χ4v) is 2.18. The zero-order chi connectivity index (χ0) is 14.7. The topological polar surface area (TPSA) is 59.2 Å². The molecule has 2 rings (SSSR count). The van der Waals surface area contributed by atoms with Gasteiger partial charge in [0.1, 0.15) is 5.15 Å². The Balaban J connectivity index is 2.41. The first-order valence-electron chi connectivity index (χ1n) is 6.32. The molecule has 5 heteroatoms. The van der Waals surface area contributed by atoms with Gasteiger partial charge in [0.15, 0.2) is 0 Å². The first-order valence-corrected chi connectivity index (χ1v) is 6.70. The molecule has 2 aromatic rings. The van der Waals surface area contributed by atoms with Crippen LogP contribution in [0.4, 0.5) is 11.4 Å². The van der Waals surface area contributed by atoms with Gasteiger partial charge in [-0.25, -0.2) is 4.98 Å². The summed E-state index contributed by atoms with van der Waals surface area (Å²) in [6.07, 6.45) is 1.43. The van der Waals surface area contributed by atoms with Gasteiger partial charge in [0.2, 0.25) is 0 Å². The molecule has 4 nitrogen and oxygen atoms in total. The summed E-state index contributed by atoms with van der Waals surface area (Å²) in [5.74, 6) is -0.206. The smallest absolute Gasteiger partial charge is 0.261 e. The summed E-state index contributed by atoms with van der Waals surface area (Å²) < 4.78 is 0. The van der Waals surface area contributed by atoms with Crippen molar-refractivity contribution in [1.29, 1.82) is 0 Å². The van der Waals surface area contributed by atoms with Crippen LogP contribution in [0.2, 0.25) is 5.15 Å². The molecule has 0 spiro atoms. The molecule has 0 saturated heterocycles. The van der Waals surface area contributed by atoms with E-state index in [1.807, 2.05) is 38.1 Å². The number of benzene rings is 1. The van der Waals surface area contributed by atoms with Crippen LogP contribution in [0.5, 0.6) is 0 Å². The van der Waals surface area contributed by atoms with E-state index in [-0.39, 0.29) is 11.1 Å². The number of aryl methyl sites for hydroxylation is 1. The lowest BCUT2D eigenvalue weighted by atomic mass is 10.1. The Bertz CT molecular complexity index is 643. The summed E-state index contributed by atoms with van der Waals surface area (Å²) in [6.45, 7) is 4.43. The molecule has 20 heavy (non-hydrogen) atoms. The quantitative estimate of drug-likeness (QED) is 0.882. The fourth-order valence-electron chi connectivity index (χ4n) is 2.00. The average molecular weight is 290 g/mol. The molecule has 2 N–H and O–H groups in total. The predicted molar refractivity (Wildman–Crippen MR) is 82.2 cm³/mol. The van der Waals surface area contributed by atoms with Crippen molar-refractivity contribution < 1.29 is 4.79 Å². The number of anilines is 2. The van der Waals surface area contributed by atoms with Crippen molar-refractivity contribution in [3.63, 3.8) is 0 Å². The van der Waals surface area contributed by atoms with Crippen LogP contribution >= 0.6 is 11.6 Å². The Morgan fingerprint density at radius 2 is 2.15 bits per heavy atom. The summed E-state index contributed by atoms with van der Waals surface area (Å²) in [7, 11) is 0. The second-order valence-corrected chi connectivity index (χ2v) is 4.85. The van der Waals surface area contributed by atoms with Gasteiger partial charge in [-0.2, -0.15) is 0 Å². The minimum atomic E-state index is -0.206. The Hall–Kier alpha value is -2.07. The van der Waals surface area contributed by atoms with E-state index in [2.05, 4.69) is 4.98 Å². The minimum Gasteiger partial charge on any atom is -0.397 e. The molecule has 1 aromatic heterocycles. The molecule has 1 heterocycles. The van der Waals surface area contributed by atoms with E-state index in [0.29, 0.717) is 17.8 Å². The van der Waals surface area contributed by atoms with Crippen molar-refractivity contribution in [3.05, 3.63) is 52.8 Å². The molecule has 0 atom stereocenters. The van der Waals surface area contributed by atoms with Crippen molar-refractivity contribution in [1.82, 2.24) is 4.98 Å². The number of rotatable bonds is 3. The molecule has 0 radical (unpaired) electrons. The lowest BCUT2D eigenvalue weighted by Gasteiger charge is -2.22. The molecule has 0 bridgehead atoms. The van der Waals surface area contributed by atoms with Gasteiger partial charge >= 0.3 is 0 Å². The van der Waals surface area contributed by atoms with Crippen LogP contribution < -0.4 is 10.6 Å². The highest BCUT2D eigenvalue weighted by Gasteiger charge is 2.19. The molecule has 1 aromatic carbocycles. The van der Waals surface area contributed by atoms with E-state index in [4.69, 9.17) is 17.3 Å². The normalized spacial score (nSPS) is 10.3. The summed E-state index contributed by atoms with van der Waals surface area (Å²) in [4.78, 5) is 18.2. The molecular formula is C15H16ClN3O. The Morgan fingerprint density at radius 1 is 1.40 bits per heavy atom. The molecule has 1 amide bonds. The van der Waals surface area contributed by atoms with Crippen molar-refractivity contribution in [2.45, 2.75) is 13.8 Å². The number of hydrogen-bond donors (Lipinski definition) is 1. The number of carbonyl (C=O) groups is 1. The highest BCUT2D eigenvalue weighted by Crippen LogP contribution is 2.22. The minimum absolute atomic E-state index is 0.162. The van der Waals surface area contributed by atoms with E-state index >= 15 is 0 Å². The van der Waals surface area contributed by atoms with Crippen molar-refractivity contribution in [3.8, 4) is 0 Å². The SMILES string of the molecule is CCN(C(=O)c1cc(N)cnc1Cl)c1cccc(C)c1. The monoisotopic (exact) mass is 289 g/mol. The number of halogens is 1. The Morgan fingerprint density at radius 3 is 2.80 bits per heavy atom. The van der Waals surface area contributed by atoms with Crippen LogP contribution in [0.25, 0.3) is 0 Å². The highest BCUT2D eigenvalue weighted by atomic mass is 35.5. The van der Waals surface area contributed by atoms with E-state index in [1.54, 1.807) is 11.0 Å². The zero-order valence-electron chi connectivity index (χ0n) is 11.4. The molecule has 0 aliphatic heterocycles. The Labute approximate surface area is 123 Å². The second-order valence-electron chi connectivity index (χ2n) is 4.50. The van der Waals surface area contributed by atoms with Gasteiger partial charge in [-0.3, -0.25) is 4.79 Å². The maximum absolute atomic E-state index is 12.6. The average Bonchev–Trinajstić information content (AvgIpc) is 2.42. The predicted octanol–water partition coefficient (Wildman–Crippen LogP) is 3.29. The number of aromatic nitrogens is 1. The number of hydrogen-bond acceptors (Lipinski definition) is 3. The zero-order valence-corrected chi connectivity index (χ0v) is 12.2.